The maximum Gasteiger partial charge on any atom is 0.243 e. The number of benzene rings is 1. The summed E-state index contributed by atoms with van der Waals surface area (Å²) in [5.74, 6) is 1.56. The fourth-order valence-electron chi connectivity index (χ4n) is 1.80. The van der Waals surface area contributed by atoms with Gasteiger partial charge in [0.15, 0.2) is 0 Å². The molecule has 0 unspecified atom stereocenters. The summed E-state index contributed by atoms with van der Waals surface area (Å²) in [7, 11) is 0. The number of aromatic nitrogens is 2. The highest BCUT2D eigenvalue weighted by Gasteiger charge is 2.14. The van der Waals surface area contributed by atoms with E-state index >= 15 is 0 Å². The van der Waals surface area contributed by atoms with Crippen molar-refractivity contribution in [1.82, 2.24) is 9.97 Å². The summed E-state index contributed by atoms with van der Waals surface area (Å²) >= 11 is 6.07. The van der Waals surface area contributed by atoms with Gasteiger partial charge in [0.1, 0.15) is 10.8 Å². The molecule has 21 heavy (non-hydrogen) atoms. The molecule has 0 aliphatic heterocycles. The van der Waals surface area contributed by atoms with Crippen LogP contribution in [0.4, 0.5) is 5.95 Å². The van der Waals surface area contributed by atoms with Crippen molar-refractivity contribution < 1.29 is 4.74 Å². The van der Waals surface area contributed by atoms with Gasteiger partial charge in [-0.1, -0.05) is 44.5 Å². The molecule has 112 valence electrons. The van der Waals surface area contributed by atoms with Crippen molar-refractivity contribution >= 4 is 17.5 Å². The van der Waals surface area contributed by atoms with E-state index in [0.717, 1.165) is 6.54 Å². The first kappa shape index (κ1) is 15.6. The van der Waals surface area contributed by atoms with Gasteiger partial charge in [-0.15, -0.1) is 0 Å². The van der Waals surface area contributed by atoms with Gasteiger partial charge in [0, 0.05) is 6.54 Å². The first-order chi connectivity index (χ1) is 9.90. The largest absolute Gasteiger partial charge is 0.437 e. The Balaban J connectivity index is 2.20. The molecule has 0 fully saturated rings. The first-order valence-electron chi connectivity index (χ1n) is 6.95. The Kier molecular flexibility index (Phi) is 4.68. The summed E-state index contributed by atoms with van der Waals surface area (Å²) in [5, 5.41) is 3.41. The Morgan fingerprint density at radius 1 is 1.19 bits per heavy atom. The summed E-state index contributed by atoms with van der Waals surface area (Å²) < 4.78 is 5.74. The molecule has 1 aromatic carbocycles. The van der Waals surface area contributed by atoms with Gasteiger partial charge in [-0.05, 0) is 30.0 Å². The minimum atomic E-state index is 0.114. The minimum Gasteiger partial charge on any atom is -0.437 e. The van der Waals surface area contributed by atoms with E-state index in [1.807, 2.05) is 19.1 Å². The first-order valence-corrected chi connectivity index (χ1v) is 7.32. The molecule has 4 nitrogen and oxygen atoms in total. The second-order valence-electron chi connectivity index (χ2n) is 5.75. The number of hydrogen-bond acceptors (Lipinski definition) is 4. The van der Waals surface area contributed by atoms with Crippen LogP contribution in [0.15, 0.2) is 30.5 Å². The maximum atomic E-state index is 6.07. The highest BCUT2D eigenvalue weighted by atomic mass is 35.5. The van der Waals surface area contributed by atoms with Crippen molar-refractivity contribution in [3.8, 4) is 11.6 Å². The van der Waals surface area contributed by atoms with Crippen LogP contribution in [0.1, 0.15) is 33.3 Å². The third kappa shape index (κ3) is 4.08. The molecule has 5 heteroatoms. The molecule has 0 spiro atoms. The summed E-state index contributed by atoms with van der Waals surface area (Å²) in [4.78, 5) is 8.33. The average molecular weight is 306 g/mol. The minimum absolute atomic E-state index is 0.114. The summed E-state index contributed by atoms with van der Waals surface area (Å²) in [6, 6.07) is 7.95. The lowest BCUT2D eigenvalue weighted by molar-refractivity contribution is 0.461. The Hall–Kier alpha value is -1.81. The van der Waals surface area contributed by atoms with E-state index in [1.165, 1.54) is 11.8 Å². The molecule has 0 saturated heterocycles. The van der Waals surface area contributed by atoms with Gasteiger partial charge in [-0.2, -0.15) is 4.98 Å². The highest BCUT2D eigenvalue weighted by Crippen LogP contribution is 2.29. The topological polar surface area (TPSA) is 47.0 Å². The van der Waals surface area contributed by atoms with Gasteiger partial charge in [0.25, 0.3) is 0 Å². The zero-order valence-electron chi connectivity index (χ0n) is 12.8. The van der Waals surface area contributed by atoms with Gasteiger partial charge >= 0.3 is 0 Å². The lowest BCUT2D eigenvalue weighted by atomic mass is 9.87. The number of nitrogens with zero attached hydrogens (tertiary/aromatic N) is 2. The van der Waals surface area contributed by atoms with Crippen LogP contribution in [0.25, 0.3) is 0 Å². The molecule has 0 aliphatic rings. The van der Waals surface area contributed by atoms with E-state index in [-0.39, 0.29) is 5.41 Å². The van der Waals surface area contributed by atoms with Crippen LogP contribution >= 0.6 is 11.6 Å². The number of ether oxygens (including phenoxy) is 1. The van der Waals surface area contributed by atoms with Gasteiger partial charge in [-0.3, -0.25) is 0 Å². The van der Waals surface area contributed by atoms with Crippen molar-refractivity contribution in [1.29, 1.82) is 0 Å². The van der Waals surface area contributed by atoms with E-state index in [9.17, 15) is 0 Å². The summed E-state index contributed by atoms with van der Waals surface area (Å²) in [6.07, 6.45) is 1.53. The standard InChI is InChI=1S/C16H20ClN3O/c1-5-18-15-19-10-13(17)14(20-15)21-12-8-6-11(7-9-12)16(2,3)4/h6-10H,5H2,1-4H3,(H,18,19,20). The van der Waals surface area contributed by atoms with Crippen LogP contribution < -0.4 is 10.1 Å². The number of hydrogen-bond donors (Lipinski definition) is 1. The average Bonchev–Trinajstić information content (AvgIpc) is 2.42. The van der Waals surface area contributed by atoms with E-state index in [0.29, 0.717) is 22.6 Å². The van der Waals surface area contributed by atoms with Crippen LogP contribution in [0, 0.1) is 0 Å². The fraction of sp³-hybridized carbons (Fsp3) is 0.375. The third-order valence-electron chi connectivity index (χ3n) is 2.98. The SMILES string of the molecule is CCNc1ncc(Cl)c(Oc2ccc(C(C)(C)C)cc2)n1. The quantitative estimate of drug-likeness (QED) is 0.893. The Morgan fingerprint density at radius 2 is 1.86 bits per heavy atom. The van der Waals surface area contributed by atoms with Crippen molar-refractivity contribution in [2.24, 2.45) is 0 Å². The van der Waals surface area contributed by atoms with Crippen molar-refractivity contribution in [3.05, 3.63) is 41.0 Å². The molecule has 1 heterocycles. The van der Waals surface area contributed by atoms with Crippen molar-refractivity contribution in [3.63, 3.8) is 0 Å². The molecule has 1 N–H and O–H groups in total. The second kappa shape index (κ2) is 6.31. The molecule has 2 rings (SSSR count). The second-order valence-corrected chi connectivity index (χ2v) is 6.16. The Bertz CT molecular complexity index is 606. The molecular formula is C16H20ClN3O. The lowest BCUT2D eigenvalue weighted by Crippen LogP contribution is -2.10. The molecule has 0 aliphatic carbocycles. The molecule has 1 aromatic heterocycles. The van der Waals surface area contributed by atoms with Gasteiger partial charge in [0.05, 0.1) is 6.20 Å². The van der Waals surface area contributed by atoms with Crippen LogP contribution in [0.3, 0.4) is 0 Å². The molecule has 0 bridgehead atoms. The number of anilines is 1. The third-order valence-corrected chi connectivity index (χ3v) is 3.24. The monoisotopic (exact) mass is 305 g/mol. The summed E-state index contributed by atoms with van der Waals surface area (Å²) in [5.41, 5.74) is 1.36. The molecule has 0 saturated carbocycles. The normalized spacial score (nSPS) is 11.3. The van der Waals surface area contributed by atoms with Crippen LogP contribution in [0.5, 0.6) is 11.6 Å². The number of halogens is 1. The van der Waals surface area contributed by atoms with E-state index < -0.39 is 0 Å². The van der Waals surface area contributed by atoms with E-state index in [4.69, 9.17) is 16.3 Å². The van der Waals surface area contributed by atoms with Crippen molar-refractivity contribution in [2.75, 3.05) is 11.9 Å². The van der Waals surface area contributed by atoms with E-state index in [2.05, 4.69) is 48.2 Å². The molecule has 0 amide bonds. The smallest absolute Gasteiger partial charge is 0.243 e. The highest BCUT2D eigenvalue weighted by molar-refractivity contribution is 6.31. The van der Waals surface area contributed by atoms with Gasteiger partial charge in [0.2, 0.25) is 11.8 Å². The van der Waals surface area contributed by atoms with Gasteiger partial charge < -0.3 is 10.1 Å². The molecule has 2 aromatic rings. The van der Waals surface area contributed by atoms with Gasteiger partial charge in [-0.25, -0.2) is 4.98 Å². The predicted molar refractivity (Wildman–Crippen MR) is 86.4 cm³/mol. The lowest BCUT2D eigenvalue weighted by Gasteiger charge is -2.19. The van der Waals surface area contributed by atoms with E-state index in [1.54, 1.807) is 0 Å². The fourth-order valence-corrected chi connectivity index (χ4v) is 1.93. The van der Waals surface area contributed by atoms with Crippen LogP contribution in [-0.2, 0) is 5.41 Å². The Morgan fingerprint density at radius 3 is 2.43 bits per heavy atom. The van der Waals surface area contributed by atoms with Crippen LogP contribution in [0.2, 0.25) is 5.02 Å². The zero-order valence-corrected chi connectivity index (χ0v) is 13.5. The predicted octanol–water partition coefficient (Wildman–Crippen LogP) is 4.65. The maximum absolute atomic E-state index is 6.07. The summed E-state index contributed by atoms with van der Waals surface area (Å²) in [6.45, 7) is 9.23. The number of nitrogens with one attached hydrogen (secondary N) is 1. The zero-order chi connectivity index (χ0) is 15.5. The number of rotatable bonds is 4. The Labute approximate surface area is 130 Å². The molecular weight excluding hydrogens is 286 g/mol. The van der Waals surface area contributed by atoms with Crippen LogP contribution in [-0.4, -0.2) is 16.5 Å². The van der Waals surface area contributed by atoms with Crippen molar-refractivity contribution in [2.45, 2.75) is 33.1 Å². The molecule has 0 atom stereocenters. The molecule has 0 radical (unpaired) electrons.